The predicted octanol–water partition coefficient (Wildman–Crippen LogP) is 3.45. The molecule has 4 aliphatic carbocycles. The molecule has 1 atom stereocenters. The fourth-order valence-electron chi connectivity index (χ4n) is 8.05. The molecule has 3 aromatic rings. The number of carboxylic acids is 1. The van der Waals surface area contributed by atoms with Crippen LogP contribution >= 0.6 is 0 Å². The van der Waals surface area contributed by atoms with Crippen LogP contribution in [0.1, 0.15) is 54.0 Å². The number of aromatic nitrogens is 1. The number of hydrogen-bond donors (Lipinski definition) is 5. The van der Waals surface area contributed by atoms with Crippen LogP contribution in [-0.2, 0) is 55.3 Å². The average molecular weight is 707 g/mol. The van der Waals surface area contributed by atoms with Crippen molar-refractivity contribution in [1.82, 2.24) is 20.5 Å². The summed E-state index contributed by atoms with van der Waals surface area (Å²) in [7, 11) is 1.88. The Morgan fingerprint density at radius 2 is 1.65 bits per heavy atom. The number of benzene rings is 2. The number of alkyl halides is 3. The van der Waals surface area contributed by atoms with Gasteiger partial charge in [-0.05, 0) is 79.6 Å². The number of carbonyl (C=O) groups excluding carboxylic acids is 4. The van der Waals surface area contributed by atoms with Crippen molar-refractivity contribution >= 4 is 41.1 Å². The van der Waals surface area contributed by atoms with E-state index in [9.17, 15) is 32.3 Å². The first-order valence-corrected chi connectivity index (χ1v) is 16.4. The molecule has 4 amide bonds. The van der Waals surface area contributed by atoms with Gasteiger partial charge in [0, 0.05) is 43.0 Å². The van der Waals surface area contributed by atoms with E-state index >= 15 is 0 Å². The minimum atomic E-state index is -5.08. The lowest BCUT2D eigenvalue weighted by Gasteiger charge is -2.69. The van der Waals surface area contributed by atoms with Crippen LogP contribution in [0.4, 0.5) is 24.7 Å². The van der Waals surface area contributed by atoms with Crippen molar-refractivity contribution in [3.8, 4) is 0 Å². The molecular weight excluding hydrogens is 669 g/mol. The van der Waals surface area contributed by atoms with Gasteiger partial charge in [-0.1, -0.05) is 36.4 Å². The van der Waals surface area contributed by atoms with Crippen LogP contribution in [0.25, 0.3) is 0 Å². The van der Waals surface area contributed by atoms with Gasteiger partial charge in [-0.25, -0.2) is 9.78 Å². The van der Waals surface area contributed by atoms with Gasteiger partial charge < -0.3 is 31.3 Å². The second-order valence-electron chi connectivity index (χ2n) is 13.9. The molecule has 1 aliphatic heterocycles. The van der Waals surface area contributed by atoms with E-state index in [4.69, 9.17) is 9.90 Å². The molecule has 2 aromatic carbocycles. The van der Waals surface area contributed by atoms with E-state index in [0.29, 0.717) is 56.7 Å². The second kappa shape index (κ2) is 13.1. The largest absolute Gasteiger partial charge is 0.490 e. The van der Waals surface area contributed by atoms with Gasteiger partial charge >= 0.3 is 12.1 Å². The highest BCUT2D eigenvalue weighted by molar-refractivity contribution is 6.06. The highest BCUT2D eigenvalue weighted by Crippen LogP contribution is 2.68. The van der Waals surface area contributed by atoms with E-state index in [1.54, 1.807) is 11.1 Å². The lowest BCUT2D eigenvalue weighted by Crippen LogP contribution is -2.78. The maximum absolute atomic E-state index is 14.0. The van der Waals surface area contributed by atoms with Crippen molar-refractivity contribution in [1.29, 1.82) is 0 Å². The molecule has 0 saturated heterocycles. The molecule has 1 aromatic heterocycles. The van der Waals surface area contributed by atoms with Crippen LogP contribution in [-0.4, -0.2) is 69.9 Å². The molecule has 3 saturated carbocycles. The van der Waals surface area contributed by atoms with Gasteiger partial charge in [0.2, 0.25) is 23.6 Å². The third-order valence-corrected chi connectivity index (χ3v) is 10.1. The Kier molecular flexibility index (Phi) is 9.12. The molecule has 2 bridgehead atoms. The molecule has 268 valence electrons. The summed E-state index contributed by atoms with van der Waals surface area (Å²) in [5, 5.41) is 19.3. The van der Waals surface area contributed by atoms with E-state index in [-0.39, 0.29) is 35.7 Å². The molecular formula is C36H37F3N6O6. The van der Waals surface area contributed by atoms with E-state index in [1.165, 1.54) is 6.92 Å². The SMILES string of the molecule is CNCc1ccccc1CN(CC(=O)Nc1ccc2c(c1)C[C@@]1(C2)C(=O)Nc2ncccc21)C(=O)C12CC(NC(C)=O)(C1)C2.O=C(O)C(F)(F)F. The minimum Gasteiger partial charge on any atom is -0.475 e. The number of hydrogen-bond acceptors (Lipinski definition) is 7. The normalized spacial score (nSPS) is 23.4. The molecule has 5 aliphatic rings. The van der Waals surface area contributed by atoms with Crippen molar-refractivity contribution in [2.45, 2.75) is 69.2 Å². The second-order valence-corrected chi connectivity index (χ2v) is 13.9. The summed E-state index contributed by atoms with van der Waals surface area (Å²) in [6, 6.07) is 17.5. The van der Waals surface area contributed by atoms with Gasteiger partial charge in [0.05, 0.1) is 10.8 Å². The summed E-state index contributed by atoms with van der Waals surface area (Å²) in [5.74, 6) is -2.60. The monoisotopic (exact) mass is 706 g/mol. The Bertz CT molecular complexity index is 1910. The van der Waals surface area contributed by atoms with E-state index < -0.39 is 23.0 Å². The minimum absolute atomic E-state index is 0.0467. The maximum atomic E-state index is 14.0. The number of pyridine rings is 1. The number of carbonyl (C=O) groups is 5. The molecule has 8 rings (SSSR count). The lowest BCUT2D eigenvalue weighted by atomic mass is 9.39. The molecule has 1 spiro atoms. The van der Waals surface area contributed by atoms with E-state index in [2.05, 4.69) is 26.3 Å². The Morgan fingerprint density at radius 1 is 0.980 bits per heavy atom. The zero-order valence-electron chi connectivity index (χ0n) is 27.9. The summed E-state index contributed by atoms with van der Waals surface area (Å²) >= 11 is 0. The van der Waals surface area contributed by atoms with Crippen molar-refractivity contribution in [2.24, 2.45) is 5.41 Å². The van der Waals surface area contributed by atoms with Crippen LogP contribution in [0.3, 0.4) is 0 Å². The zero-order chi connectivity index (χ0) is 36.8. The average Bonchev–Trinajstić information content (AvgIpc) is 3.54. The quantitative estimate of drug-likeness (QED) is 0.226. The highest BCUT2D eigenvalue weighted by Gasteiger charge is 2.72. The van der Waals surface area contributed by atoms with Crippen LogP contribution in [0.5, 0.6) is 0 Å². The zero-order valence-corrected chi connectivity index (χ0v) is 27.9. The number of carboxylic acid groups (broad SMARTS) is 1. The highest BCUT2D eigenvalue weighted by atomic mass is 19.4. The summed E-state index contributed by atoms with van der Waals surface area (Å²) in [5.41, 5.74) is 4.19. The number of nitrogens with zero attached hydrogens (tertiary/aromatic N) is 2. The van der Waals surface area contributed by atoms with Crippen molar-refractivity contribution in [2.75, 3.05) is 24.2 Å². The number of rotatable bonds is 9. The molecule has 3 fully saturated rings. The van der Waals surface area contributed by atoms with Crippen LogP contribution in [0.2, 0.25) is 0 Å². The van der Waals surface area contributed by atoms with Crippen molar-refractivity contribution < 1.29 is 42.3 Å². The van der Waals surface area contributed by atoms with E-state index in [0.717, 1.165) is 27.8 Å². The van der Waals surface area contributed by atoms with Crippen LogP contribution in [0.15, 0.2) is 60.8 Å². The summed E-state index contributed by atoms with van der Waals surface area (Å²) in [4.78, 5) is 67.1. The molecule has 0 radical (unpaired) electrons. The smallest absolute Gasteiger partial charge is 0.475 e. The standard InChI is InChI=1S/C34H36N6O4.C2HF3O2/c1-21(41)39-33-18-32(19-33,20-33)31(44)40(16-24-7-4-3-6-23(24)15-35-2)17-28(42)37-26-10-9-22-13-34(14-25(22)12-26)27-8-5-11-36-29(27)38-30(34)43;3-2(4,5)1(6)7/h3-12,35H,13-20H2,1-2H3,(H,37,42)(H,39,41)(H,36,38,43);(H,6,7)/t32?,33?,34-;/m1./s1. The van der Waals surface area contributed by atoms with E-state index in [1.807, 2.05) is 61.6 Å². The topological polar surface area (TPSA) is 170 Å². The maximum Gasteiger partial charge on any atom is 0.490 e. The Hall–Kier alpha value is -5.31. The summed E-state index contributed by atoms with van der Waals surface area (Å²) < 4.78 is 31.7. The number of fused-ring (bicyclic) bond motifs is 3. The molecule has 0 unspecified atom stereocenters. The van der Waals surface area contributed by atoms with Crippen LogP contribution in [0, 0.1) is 5.41 Å². The predicted molar refractivity (Wildman–Crippen MR) is 178 cm³/mol. The lowest BCUT2D eigenvalue weighted by molar-refractivity contribution is -0.193. The first-order chi connectivity index (χ1) is 24.1. The summed E-state index contributed by atoms with van der Waals surface area (Å²) in [6.07, 6.45) is -0.482. The van der Waals surface area contributed by atoms with Gasteiger partial charge in [-0.2, -0.15) is 13.2 Å². The van der Waals surface area contributed by atoms with Gasteiger partial charge in [-0.15, -0.1) is 0 Å². The van der Waals surface area contributed by atoms with Gasteiger partial charge in [-0.3, -0.25) is 19.2 Å². The molecule has 2 heterocycles. The van der Waals surface area contributed by atoms with Crippen molar-refractivity contribution in [3.05, 3.63) is 88.6 Å². The number of aliphatic carboxylic acids is 1. The Labute approximate surface area is 291 Å². The van der Waals surface area contributed by atoms with Gasteiger partial charge in [0.1, 0.15) is 12.4 Å². The van der Waals surface area contributed by atoms with Crippen molar-refractivity contribution in [3.63, 3.8) is 0 Å². The molecule has 51 heavy (non-hydrogen) atoms. The number of anilines is 2. The number of amides is 4. The number of nitrogens with one attached hydrogen (secondary N) is 4. The van der Waals surface area contributed by atoms with Gasteiger partial charge in [0.15, 0.2) is 0 Å². The first-order valence-electron chi connectivity index (χ1n) is 16.4. The first kappa shape index (κ1) is 35.5. The fraction of sp³-hybridized carbons (Fsp3) is 0.389. The summed E-state index contributed by atoms with van der Waals surface area (Å²) in [6.45, 7) is 2.37. The fourth-order valence-corrected chi connectivity index (χ4v) is 8.05. The Morgan fingerprint density at radius 3 is 2.29 bits per heavy atom. The molecule has 5 N–H and O–H groups in total. The molecule has 12 nitrogen and oxygen atoms in total. The third-order valence-electron chi connectivity index (χ3n) is 10.1. The Balaban J connectivity index is 0.000000582. The third kappa shape index (κ3) is 6.77. The molecule has 15 heteroatoms. The van der Waals surface area contributed by atoms with Crippen LogP contribution < -0.4 is 21.3 Å². The number of halogens is 3. The van der Waals surface area contributed by atoms with Gasteiger partial charge in [0.25, 0.3) is 0 Å².